The van der Waals surface area contributed by atoms with E-state index in [9.17, 15) is 4.79 Å². The maximum absolute atomic E-state index is 11.6. The van der Waals surface area contributed by atoms with E-state index in [4.69, 9.17) is 9.47 Å². The SMILES string of the molecule is COC(=O)c1cc(OC)c2ccccc2c1Br. The fourth-order valence-electron chi connectivity index (χ4n) is 1.73. The monoisotopic (exact) mass is 294 g/mol. The lowest BCUT2D eigenvalue weighted by Gasteiger charge is -2.10. The van der Waals surface area contributed by atoms with Crippen LogP contribution >= 0.6 is 15.9 Å². The van der Waals surface area contributed by atoms with Gasteiger partial charge in [0.15, 0.2) is 0 Å². The van der Waals surface area contributed by atoms with Crippen LogP contribution in [0.15, 0.2) is 34.8 Å². The van der Waals surface area contributed by atoms with Crippen molar-refractivity contribution in [3.8, 4) is 5.75 Å². The van der Waals surface area contributed by atoms with Crippen molar-refractivity contribution in [2.45, 2.75) is 0 Å². The van der Waals surface area contributed by atoms with Gasteiger partial charge >= 0.3 is 5.97 Å². The molecule has 0 atom stereocenters. The van der Waals surface area contributed by atoms with Crippen LogP contribution in [-0.2, 0) is 4.74 Å². The van der Waals surface area contributed by atoms with E-state index in [1.807, 2.05) is 24.3 Å². The summed E-state index contributed by atoms with van der Waals surface area (Å²) in [7, 11) is 2.94. The molecule has 2 rings (SSSR count). The van der Waals surface area contributed by atoms with Crippen molar-refractivity contribution in [3.05, 3.63) is 40.4 Å². The Kier molecular flexibility index (Phi) is 3.33. The minimum Gasteiger partial charge on any atom is -0.496 e. The van der Waals surface area contributed by atoms with E-state index in [1.165, 1.54) is 7.11 Å². The number of fused-ring (bicyclic) bond motifs is 1. The standard InChI is InChI=1S/C13H11BrO3/c1-16-11-7-10(13(15)17-2)12(14)9-6-4-3-5-8(9)11/h3-7H,1-2H3. The normalized spacial score (nSPS) is 10.3. The van der Waals surface area contributed by atoms with Crippen LogP contribution in [0.4, 0.5) is 0 Å². The Morgan fingerprint density at radius 3 is 2.41 bits per heavy atom. The number of methoxy groups -OCH3 is 2. The Hall–Kier alpha value is -1.55. The highest BCUT2D eigenvalue weighted by Crippen LogP contribution is 2.35. The lowest BCUT2D eigenvalue weighted by molar-refractivity contribution is 0.0599. The van der Waals surface area contributed by atoms with E-state index in [1.54, 1.807) is 13.2 Å². The lowest BCUT2D eigenvalue weighted by Crippen LogP contribution is -2.03. The van der Waals surface area contributed by atoms with Gasteiger partial charge in [0.2, 0.25) is 0 Å². The summed E-state index contributed by atoms with van der Waals surface area (Å²) < 4.78 is 10.8. The number of benzene rings is 2. The molecule has 0 aromatic heterocycles. The number of rotatable bonds is 2. The van der Waals surface area contributed by atoms with Crippen LogP contribution in [0.2, 0.25) is 0 Å². The van der Waals surface area contributed by atoms with Crippen molar-refractivity contribution in [2.24, 2.45) is 0 Å². The highest BCUT2D eigenvalue weighted by atomic mass is 79.9. The Balaban J connectivity index is 2.80. The molecule has 0 radical (unpaired) electrons. The van der Waals surface area contributed by atoms with Crippen LogP contribution in [-0.4, -0.2) is 20.2 Å². The van der Waals surface area contributed by atoms with Crippen LogP contribution < -0.4 is 4.74 Å². The van der Waals surface area contributed by atoms with Crippen molar-refractivity contribution in [3.63, 3.8) is 0 Å². The molecule has 0 unspecified atom stereocenters. The second kappa shape index (κ2) is 4.75. The van der Waals surface area contributed by atoms with Crippen molar-refractivity contribution >= 4 is 32.7 Å². The van der Waals surface area contributed by atoms with Gasteiger partial charge in [0.1, 0.15) is 5.75 Å². The zero-order chi connectivity index (χ0) is 12.4. The maximum Gasteiger partial charge on any atom is 0.339 e. The molecule has 2 aromatic rings. The highest BCUT2D eigenvalue weighted by Gasteiger charge is 2.16. The molecule has 0 amide bonds. The Labute approximate surface area is 107 Å². The third-order valence-electron chi connectivity index (χ3n) is 2.57. The predicted octanol–water partition coefficient (Wildman–Crippen LogP) is 3.40. The van der Waals surface area contributed by atoms with Gasteiger partial charge in [-0.1, -0.05) is 24.3 Å². The zero-order valence-corrected chi connectivity index (χ0v) is 11.1. The van der Waals surface area contributed by atoms with E-state index >= 15 is 0 Å². The Bertz CT molecular complexity index is 578. The molecule has 2 aromatic carbocycles. The van der Waals surface area contributed by atoms with Crippen molar-refractivity contribution in [1.29, 1.82) is 0 Å². The molecule has 0 bridgehead atoms. The molecular weight excluding hydrogens is 284 g/mol. The summed E-state index contributed by atoms with van der Waals surface area (Å²) in [4.78, 5) is 11.6. The molecule has 0 aliphatic heterocycles. The maximum atomic E-state index is 11.6. The largest absolute Gasteiger partial charge is 0.496 e. The number of carbonyl (C=O) groups is 1. The third kappa shape index (κ3) is 2.00. The van der Waals surface area contributed by atoms with Crippen LogP contribution in [0.1, 0.15) is 10.4 Å². The summed E-state index contributed by atoms with van der Waals surface area (Å²) in [5, 5.41) is 1.88. The fraction of sp³-hybridized carbons (Fsp3) is 0.154. The van der Waals surface area contributed by atoms with E-state index in [-0.39, 0.29) is 5.97 Å². The van der Waals surface area contributed by atoms with E-state index in [2.05, 4.69) is 15.9 Å². The van der Waals surface area contributed by atoms with Crippen molar-refractivity contribution < 1.29 is 14.3 Å². The molecule has 0 heterocycles. The summed E-state index contributed by atoms with van der Waals surface area (Å²) in [6.45, 7) is 0. The summed E-state index contributed by atoms with van der Waals surface area (Å²) >= 11 is 3.43. The number of carbonyl (C=O) groups excluding carboxylic acids is 1. The van der Waals surface area contributed by atoms with Gasteiger partial charge in [0.05, 0.1) is 19.8 Å². The number of hydrogen-bond donors (Lipinski definition) is 0. The molecule has 3 nitrogen and oxygen atoms in total. The first-order chi connectivity index (χ1) is 8.19. The highest BCUT2D eigenvalue weighted by molar-refractivity contribution is 9.10. The molecule has 0 saturated carbocycles. The summed E-state index contributed by atoms with van der Waals surface area (Å²) in [5.41, 5.74) is 0.461. The molecule has 0 saturated heterocycles. The molecule has 0 fully saturated rings. The van der Waals surface area contributed by atoms with Gasteiger partial charge in [-0.3, -0.25) is 0 Å². The fourth-order valence-corrected chi connectivity index (χ4v) is 2.36. The number of halogens is 1. The van der Waals surface area contributed by atoms with Crippen LogP contribution in [0.3, 0.4) is 0 Å². The van der Waals surface area contributed by atoms with Crippen LogP contribution in [0.25, 0.3) is 10.8 Å². The van der Waals surface area contributed by atoms with E-state index < -0.39 is 0 Å². The quantitative estimate of drug-likeness (QED) is 0.797. The lowest BCUT2D eigenvalue weighted by atomic mass is 10.1. The third-order valence-corrected chi connectivity index (χ3v) is 3.42. The zero-order valence-electron chi connectivity index (χ0n) is 9.49. The second-order valence-electron chi connectivity index (χ2n) is 3.48. The van der Waals surface area contributed by atoms with Gasteiger partial charge in [-0.2, -0.15) is 0 Å². The first kappa shape index (κ1) is 11.9. The molecular formula is C13H11BrO3. The smallest absolute Gasteiger partial charge is 0.339 e. The molecule has 0 aliphatic carbocycles. The minimum absolute atomic E-state index is 0.388. The van der Waals surface area contributed by atoms with Gasteiger partial charge < -0.3 is 9.47 Å². The average molecular weight is 295 g/mol. The number of hydrogen-bond acceptors (Lipinski definition) is 3. The number of esters is 1. The molecule has 88 valence electrons. The Morgan fingerprint density at radius 2 is 1.82 bits per heavy atom. The minimum atomic E-state index is -0.388. The Morgan fingerprint density at radius 1 is 1.18 bits per heavy atom. The topological polar surface area (TPSA) is 35.5 Å². The first-order valence-corrected chi connectivity index (χ1v) is 5.82. The van der Waals surface area contributed by atoms with Gasteiger partial charge in [0, 0.05) is 15.2 Å². The molecule has 0 spiro atoms. The van der Waals surface area contributed by atoms with Gasteiger partial charge in [-0.15, -0.1) is 0 Å². The van der Waals surface area contributed by atoms with Crippen LogP contribution in [0.5, 0.6) is 5.75 Å². The summed E-state index contributed by atoms with van der Waals surface area (Å²) in [5.74, 6) is 0.269. The average Bonchev–Trinajstić information content (AvgIpc) is 2.39. The second-order valence-corrected chi connectivity index (χ2v) is 4.27. The molecule has 0 aliphatic rings. The van der Waals surface area contributed by atoms with E-state index in [0.29, 0.717) is 11.3 Å². The molecule has 0 N–H and O–H groups in total. The van der Waals surface area contributed by atoms with Gasteiger partial charge in [-0.05, 0) is 22.0 Å². The molecule has 4 heteroatoms. The van der Waals surface area contributed by atoms with Crippen molar-refractivity contribution in [2.75, 3.05) is 14.2 Å². The van der Waals surface area contributed by atoms with Crippen LogP contribution in [0, 0.1) is 0 Å². The summed E-state index contributed by atoms with van der Waals surface area (Å²) in [6.07, 6.45) is 0. The number of ether oxygens (including phenoxy) is 2. The molecule has 17 heavy (non-hydrogen) atoms. The first-order valence-electron chi connectivity index (χ1n) is 5.02. The summed E-state index contributed by atoms with van der Waals surface area (Å²) in [6, 6.07) is 9.38. The van der Waals surface area contributed by atoms with E-state index in [0.717, 1.165) is 15.2 Å². The predicted molar refractivity (Wildman–Crippen MR) is 69.5 cm³/mol. The van der Waals surface area contributed by atoms with Crippen molar-refractivity contribution in [1.82, 2.24) is 0 Å². The van der Waals surface area contributed by atoms with Gasteiger partial charge in [-0.25, -0.2) is 4.79 Å². The van der Waals surface area contributed by atoms with Gasteiger partial charge in [0.25, 0.3) is 0 Å².